The molecule has 0 bridgehead atoms. The molecule has 1 atom stereocenters. The number of carboxylic acids is 1. The molecule has 2 aliphatic heterocycles. The van der Waals surface area contributed by atoms with Crippen LogP contribution in [0.4, 0.5) is 0 Å². The maximum atomic E-state index is 12.5. The molecule has 0 radical (unpaired) electrons. The van der Waals surface area contributed by atoms with Crippen molar-refractivity contribution in [1.82, 2.24) is 10.2 Å². The fourth-order valence-corrected chi connectivity index (χ4v) is 4.32. The molecule has 0 saturated carbocycles. The first kappa shape index (κ1) is 17.7. The average molecular weight is 364 g/mol. The van der Waals surface area contributed by atoms with Crippen LogP contribution in [0.25, 0.3) is 0 Å². The van der Waals surface area contributed by atoms with E-state index in [0.29, 0.717) is 5.56 Å². The molecule has 2 aromatic rings. The molecule has 0 aliphatic carbocycles. The minimum Gasteiger partial charge on any atom is -0.478 e. The minimum atomic E-state index is -0.897. The molecule has 27 heavy (non-hydrogen) atoms. The highest BCUT2D eigenvalue weighted by Gasteiger charge is 2.45. The van der Waals surface area contributed by atoms with Crippen LogP contribution in [0.5, 0.6) is 0 Å². The zero-order valence-electron chi connectivity index (χ0n) is 15.2. The van der Waals surface area contributed by atoms with Crippen molar-refractivity contribution in [2.75, 3.05) is 13.1 Å². The number of hydrogen-bond acceptors (Lipinski definition) is 3. The number of piperidine rings is 1. The second kappa shape index (κ2) is 7.16. The summed E-state index contributed by atoms with van der Waals surface area (Å²) in [5.74, 6) is -0.786. The number of aromatic carboxylic acids is 1. The lowest BCUT2D eigenvalue weighted by atomic mass is 9.82. The Kier molecular flexibility index (Phi) is 4.70. The normalized spacial score (nSPS) is 21.9. The van der Waals surface area contributed by atoms with Crippen LogP contribution in [-0.2, 0) is 11.3 Å². The van der Waals surface area contributed by atoms with Gasteiger partial charge in [0.2, 0.25) is 5.91 Å². The smallest absolute Gasteiger partial charge is 0.335 e. The summed E-state index contributed by atoms with van der Waals surface area (Å²) in [6.45, 7) is 2.68. The van der Waals surface area contributed by atoms with Gasteiger partial charge in [0.25, 0.3) is 0 Å². The van der Waals surface area contributed by atoms with Gasteiger partial charge in [-0.05, 0) is 42.5 Å². The van der Waals surface area contributed by atoms with Crippen molar-refractivity contribution < 1.29 is 14.7 Å². The molecule has 5 heteroatoms. The minimum absolute atomic E-state index is 0.0405. The van der Waals surface area contributed by atoms with Crippen LogP contribution in [0.3, 0.4) is 0 Å². The van der Waals surface area contributed by atoms with Crippen molar-refractivity contribution in [2.45, 2.75) is 37.3 Å². The number of nitrogens with zero attached hydrogens (tertiary/aromatic N) is 1. The summed E-state index contributed by atoms with van der Waals surface area (Å²) in [5, 5.41) is 12.3. The molecule has 2 saturated heterocycles. The van der Waals surface area contributed by atoms with Gasteiger partial charge in [0.1, 0.15) is 0 Å². The summed E-state index contributed by atoms with van der Waals surface area (Å²) in [4.78, 5) is 25.9. The van der Waals surface area contributed by atoms with Crippen LogP contribution >= 0.6 is 0 Å². The van der Waals surface area contributed by atoms with E-state index in [1.54, 1.807) is 12.1 Å². The third-order valence-electron chi connectivity index (χ3n) is 5.92. The summed E-state index contributed by atoms with van der Waals surface area (Å²) in [6.07, 6.45) is 2.78. The van der Waals surface area contributed by atoms with Crippen molar-refractivity contribution >= 4 is 11.9 Å². The van der Waals surface area contributed by atoms with E-state index in [2.05, 4.69) is 10.2 Å². The van der Waals surface area contributed by atoms with Crippen molar-refractivity contribution in [3.63, 3.8) is 0 Å². The third-order valence-corrected chi connectivity index (χ3v) is 5.92. The van der Waals surface area contributed by atoms with E-state index in [1.807, 2.05) is 42.5 Å². The van der Waals surface area contributed by atoms with Gasteiger partial charge in [-0.15, -0.1) is 0 Å². The summed E-state index contributed by atoms with van der Waals surface area (Å²) in [6, 6.07) is 17.1. The van der Waals surface area contributed by atoms with E-state index < -0.39 is 5.97 Å². The second-order valence-electron chi connectivity index (χ2n) is 7.72. The van der Waals surface area contributed by atoms with Gasteiger partial charge < -0.3 is 10.4 Å². The number of carbonyl (C=O) groups excluding carboxylic acids is 1. The Balaban J connectivity index is 1.36. The Morgan fingerprint density at radius 3 is 2.37 bits per heavy atom. The molecular weight excluding hydrogens is 340 g/mol. The van der Waals surface area contributed by atoms with Crippen LogP contribution in [0, 0.1) is 0 Å². The topological polar surface area (TPSA) is 69.6 Å². The van der Waals surface area contributed by atoms with E-state index >= 15 is 0 Å². The maximum absolute atomic E-state index is 12.5. The number of carbonyl (C=O) groups is 2. The van der Waals surface area contributed by atoms with Crippen molar-refractivity contribution in [2.24, 2.45) is 0 Å². The SMILES string of the molecule is O=C(O)c1ccc(CN2CCC3(CC2)C[C@H](c2ccccc2)C(=O)N3)cc1. The fourth-order valence-electron chi connectivity index (χ4n) is 4.32. The Bertz CT molecular complexity index is 824. The lowest BCUT2D eigenvalue weighted by molar-refractivity contribution is -0.121. The number of amides is 1. The van der Waals surface area contributed by atoms with Crippen LogP contribution in [0.15, 0.2) is 54.6 Å². The average Bonchev–Trinajstić information content (AvgIpc) is 3.01. The second-order valence-corrected chi connectivity index (χ2v) is 7.72. The van der Waals surface area contributed by atoms with Gasteiger partial charge >= 0.3 is 5.97 Å². The largest absolute Gasteiger partial charge is 0.478 e. The standard InChI is InChI=1S/C22H24N2O3/c25-20-19(17-4-2-1-3-5-17)14-22(23-20)10-12-24(13-11-22)15-16-6-8-18(9-7-16)21(26)27/h1-9,19H,10-15H2,(H,23,25)(H,26,27)/t19-/m1/s1. The van der Waals surface area contributed by atoms with Crippen LogP contribution in [0.1, 0.15) is 46.7 Å². The van der Waals surface area contributed by atoms with Gasteiger partial charge in [0.15, 0.2) is 0 Å². The number of hydrogen-bond donors (Lipinski definition) is 2. The van der Waals surface area contributed by atoms with Crippen molar-refractivity contribution in [1.29, 1.82) is 0 Å². The molecule has 2 aliphatic rings. The molecule has 0 unspecified atom stereocenters. The molecule has 2 aromatic carbocycles. The summed E-state index contributed by atoms with van der Waals surface area (Å²) < 4.78 is 0. The number of likely N-dealkylation sites (tertiary alicyclic amines) is 1. The molecule has 0 aromatic heterocycles. The molecule has 2 heterocycles. The highest BCUT2D eigenvalue weighted by atomic mass is 16.4. The number of carboxylic acid groups (broad SMARTS) is 1. The Morgan fingerprint density at radius 2 is 1.74 bits per heavy atom. The quantitative estimate of drug-likeness (QED) is 0.875. The molecule has 2 fully saturated rings. The Morgan fingerprint density at radius 1 is 1.07 bits per heavy atom. The van der Waals surface area contributed by atoms with Crippen LogP contribution in [-0.4, -0.2) is 40.5 Å². The zero-order valence-corrected chi connectivity index (χ0v) is 15.2. The van der Waals surface area contributed by atoms with Gasteiger partial charge in [0.05, 0.1) is 11.5 Å². The number of benzene rings is 2. The first-order valence-corrected chi connectivity index (χ1v) is 9.46. The zero-order chi connectivity index (χ0) is 18.9. The van der Waals surface area contributed by atoms with E-state index in [4.69, 9.17) is 5.11 Å². The van der Waals surface area contributed by atoms with Gasteiger partial charge in [-0.2, -0.15) is 0 Å². The van der Waals surface area contributed by atoms with Gasteiger partial charge in [0, 0.05) is 25.2 Å². The Hall–Kier alpha value is -2.66. The predicted molar refractivity (Wildman–Crippen MR) is 103 cm³/mol. The molecular formula is C22H24N2O3. The van der Waals surface area contributed by atoms with E-state index in [1.165, 1.54) is 0 Å². The Labute approximate surface area is 159 Å². The fraction of sp³-hybridized carbons (Fsp3) is 0.364. The van der Waals surface area contributed by atoms with Crippen LogP contribution in [0.2, 0.25) is 0 Å². The molecule has 2 N–H and O–H groups in total. The lowest BCUT2D eigenvalue weighted by Gasteiger charge is -2.39. The van der Waals surface area contributed by atoms with Gasteiger partial charge in [-0.25, -0.2) is 4.79 Å². The molecule has 5 nitrogen and oxygen atoms in total. The monoisotopic (exact) mass is 364 g/mol. The highest BCUT2D eigenvalue weighted by Crippen LogP contribution is 2.39. The third kappa shape index (κ3) is 3.74. The maximum Gasteiger partial charge on any atom is 0.335 e. The lowest BCUT2D eigenvalue weighted by Crippen LogP contribution is -2.50. The molecule has 4 rings (SSSR count). The molecule has 1 amide bonds. The number of nitrogens with one attached hydrogen (secondary N) is 1. The summed E-state index contributed by atoms with van der Waals surface area (Å²) in [7, 11) is 0. The van der Waals surface area contributed by atoms with Gasteiger partial charge in [-0.3, -0.25) is 9.69 Å². The van der Waals surface area contributed by atoms with Crippen molar-refractivity contribution in [3.8, 4) is 0 Å². The predicted octanol–water partition coefficient (Wildman–Crippen LogP) is 3.02. The first-order valence-electron chi connectivity index (χ1n) is 9.46. The molecule has 140 valence electrons. The summed E-state index contributed by atoms with van der Waals surface area (Å²) >= 11 is 0. The first-order chi connectivity index (χ1) is 13.0. The van der Waals surface area contributed by atoms with E-state index in [0.717, 1.165) is 50.0 Å². The van der Waals surface area contributed by atoms with Crippen molar-refractivity contribution in [3.05, 3.63) is 71.3 Å². The van der Waals surface area contributed by atoms with Gasteiger partial charge in [-0.1, -0.05) is 42.5 Å². The van der Waals surface area contributed by atoms with E-state index in [-0.39, 0.29) is 17.4 Å². The highest BCUT2D eigenvalue weighted by molar-refractivity contribution is 5.87. The van der Waals surface area contributed by atoms with Crippen LogP contribution < -0.4 is 5.32 Å². The molecule has 1 spiro atoms. The summed E-state index contributed by atoms with van der Waals surface area (Å²) in [5.41, 5.74) is 2.46. The number of rotatable bonds is 4. The van der Waals surface area contributed by atoms with E-state index in [9.17, 15) is 9.59 Å².